The van der Waals surface area contributed by atoms with Gasteiger partial charge in [0.25, 0.3) is 0 Å². The fraction of sp³-hybridized carbons (Fsp3) is 0.267. The van der Waals surface area contributed by atoms with E-state index in [4.69, 9.17) is 22.1 Å². The standard InChI is InChI=1S/C30H29ClN4O2S/c31-22-10-8-21(9-11-22)30(36)12-16-35(17-13-30)15-3-4-20-18-25-24(26-19-38-29(32)34-26)5-1-7-27(25)37-28-23(20)6-2-14-33-28/h1-2,4-11,14,19,36H,3,12-13,15-18H2,(H2,32,34)/b20-4-. The Morgan fingerprint density at radius 2 is 1.87 bits per heavy atom. The van der Waals surface area contributed by atoms with Gasteiger partial charge in [-0.05, 0) is 60.7 Å². The van der Waals surface area contributed by atoms with Crippen LogP contribution in [0.15, 0.2) is 72.3 Å². The summed E-state index contributed by atoms with van der Waals surface area (Å²) in [5, 5.41) is 14.5. The summed E-state index contributed by atoms with van der Waals surface area (Å²) in [6.45, 7) is 2.62. The summed E-state index contributed by atoms with van der Waals surface area (Å²) in [6.07, 6.45) is 7.11. The van der Waals surface area contributed by atoms with E-state index in [9.17, 15) is 5.11 Å². The number of rotatable bonds is 5. The summed E-state index contributed by atoms with van der Waals surface area (Å²) in [4.78, 5) is 11.5. The first kappa shape index (κ1) is 25.1. The van der Waals surface area contributed by atoms with Gasteiger partial charge in [-0.15, -0.1) is 11.3 Å². The van der Waals surface area contributed by atoms with Crippen molar-refractivity contribution in [1.82, 2.24) is 14.9 Å². The fourth-order valence-electron chi connectivity index (χ4n) is 5.40. The molecule has 0 aliphatic carbocycles. The van der Waals surface area contributed by atoms with Crippen LogP contribution in [0.3, 0.4) is 0 Å². The number of nitrogen functional groups attached to an aromatic ring is 1. The summed E-state index contributed by atoms with van der Waals surface area (Å²) in [5.74, 6) is 1.42. The lowest BCUT2D eigenvalue weighted by Gasteiger charge is -2.38. The monoisotopic (exact) mass is 544 g/mol. The van der Waals surface area contributed by atoms with Gasteiger partial charge >= 0.3 is 0 Å². The largest absolute Gasteiger partial charge is 0.438 e. The van der Waals surface area contributed by atoms with Crippen molar-refractivity contribution < 1.29 is 9.84 Å². The molecule has 0 radical (unpaired) electrons. The van der Waals surface area contributed by atoms with Crippen LogP contribution in [0.25, 0.3) is 16.8 Å². The Hall–Kier alpha value is -3.23. The summed E-state index contributed by atoms with van der Waals surface area (Å²) in [5.41, 5.74) is 11.3. The number of nitrogens with two attached hydrogens (primary N) is 1. The molecule has 0 unspecified atom stereocenters. The third-order valence-corrected chi connectivity index (χ3v) is 8.45. The molecule has 1 fully saturated rings. The molecule has 3 N–H and O–H groups in total. The van der Waals surface area contributed by atoms with Gasteiger partial charge < -0.3 is 20.5 Å². The molecule has 8 heteroatoms. The molecule has 6 rings (SSSR count). The molecule has 4 aromatic rings. The van der Waals surface area contributed by atoms with Crippen LogP contribution in [0.5, 0.6) is 11.6 Å². The number of hydrogen-bond donors (Lipinski definition) is 2. The molecule has 4 heterocycles. The van der Waals surface area contributed by atoms with Gasteiger partial charge in [-0.3, -0.25) is 0 Å². The van der Waals surface area contributed by atoms with E-state index in [-0.39, 0.29) is 0 Å². The van der Waals surface area contributed by atoms with Crippen molar-refractivity contribution in [3.05, 3.63) is 94.0 Å². The third kappa shape index (κ3) is 5.07. The Bertz CT molecular complexity index is 1480. The minimum absolute atomic E-state index is 0.553. The topological polar surface area (TPSA) is 84.5 Å². The first-order valence-electron chi connectivity index (χ1n) is 12.8. The average Bonchev–Trinajstić information content (AvgIpc) is 3.29. The summed E-state index contributed by atoms with van der Waals surface area (Å²) >= 11 is 7.48. The van der Waals surface area contributed by atoms with Gasteiger partial charge in [0.2, 0.25) is 5.88 Å². The molecular weight excluding hydrogens is 516 g/mol. The zero-order chi connectivity index (χ0) is 26.1. The second kappa shape index (κ2) is 10.5. The number of pyridine rings is 1. The molecule has 38 heavy (non-hydrogen) atoms. The predicted octanol–water partition coefficient (Wildman–Crippen LogP) is 6.55. The maximum Gasteiger partial charge on any atom is 0.226 e. The Morgan fingerprint density at radius 1 is 1.08 bits per heavy atom. The number of aliphatic hydroxyl groups is 1. The number of thiazole rings is 1. The molecule has 2 aliphatic heterocycles. The van der Waals surface area contributed by atoms with E-state index in [1.54, 1.807) is 6.20 Å². The van der Waals surface area contributed by atoms with Crippen molar-refractivity contribution in [1.29, 1.82) is 0 Å². The number of ether oxygens (including phenoxy) is 1. The highest BCUT2D eigenvalue weighted by molar-refractivity contribution is 7.13. The Kier molecular flexibility index (Phi) is 6.93. The second-order valence-corrected chi connectivity index (χ2v) is 11.2. The van der Waals surface area contributed by atoms with Gasteiger partial charge in [-0.1, -0.05) is 41.9 Å². The molecule has 0 spiro atoms. The molecule has 1 saturated heterocycles. The highest BCUT2D eigenvalue weighted by Crippen LogP contribution is 2.42. The highest BCUT2D eigenvalue weighted by atomic mass is 35.5. The van der Waals surface area contributed by atoms with Crippen LogP contribution in [0, 0.1) is 0 Å². The molecule has 0 bridgehead atoms. The van der Waals surface area contributed by atoms with Crippen LogP contribution < -0.4 is 10.5 Å². The van der Waals surface area contributed by atoms with Gasteiger partial charge in [-0.2, -0.15) is 0 Å². The predicted molar refractivity (Wildman–Crippen MR) is 154 cm³/mol. The molecule has 0 amide bonds. The lowest BCUT2D eigenvalue weighted by molar-refractivity contribution is -0.0254. The number of halogens is 1. The van der Waals surface area contributed by atoms with E-state index in [0.29, 0.717) is 28.9 Å². The number of anilines is 1. The number of allylic oxidation sites excluding steroid dienone is 1. The lowest BCUT2D eigenvalue weighted by atomic mass is 9.84. The maximum atomic E-state index is 11.2. The number of piperidine rings is 1. The molecule has 0 saturated carbocycles. The molecule has 2 aromatic carbocycles. The first-order valence-corrected chi connectivity index (χ1v) is 14.1. The summed E-state index contributed by atoms with van der Waals surface area (Å²) in [6, 6.07) is 17.7. The molecule has 0 atom stereocenters. The van der Waals surface area contributed by atoms with E-state index in [0.717, 1.165) is 66.2 Å². The first-order chi connectivity index (χ1) is 18.5. The van der Waals surface area contributed by atoms with Crippen molar-refractivity contribution in [3.8, 4) is 22.9 Å². The Labute approximate surface area is 231 Å². The molecule has 6 nitrogen and oxygen atoms in total. The van der Waals surface area contributed by atoms with Gasteiger partial charge in [-0.25, -0.2) is 9.97 Å². The van der Waals surface area contributed by atoms with Crippen molar-refractivity contribution in [3.63, 3.8) is 0 Å². The van der Waals surface area contributed by atoms with Crippen LogP contribution in [0.4, 0.5) is 5.13 Å². The molecular formula is C30H29ClN4O2S. The van der Waals surface area contributed by atoms with Crippen LogP contribution in [-0.4, -0.2) is 39.6 Å². The number of benzene rings is 2. The van der Waals surface area contributed by atoms with E-state index in [2.05, 4.69) is 33.1 Å². The highest BCUT2D eigenvalue weighted by Gasteiger charge is 2.33. The number of hydrogen-bond acceptors (Lipinski definition) is 7. The maximum absolute atomic E-state index is 11.2. The summed E-state index contributed by atoms with van der Waals surface area (Å²) in [7, 11) is 0. The number of likely N-dealkylation sites (tertiary alicyclic amines) is 1. The van der Waals surface area contributed by atoms with E-state index in [1.165, 1.54) is 16.9 Å². The minimum atomic E-state index is -0.790. The van der Waals surface area contributed by atoms with Gasteiger partial charge in [0.05, 0.1) is 11.3 Å². The van der Waals surface area contributed by atoms with Crippen LogP contribution in [0.1, 0.15) is 36.0 Å². The van der Waals surface area contributed by atoms with E-state index in [1.807, 2.05) is 47.8 Å². The Balaban J connectivity index is 1.20. The normalized spacial score (nSPS) is 17.9. The zero-order valence-corrected chi connectivity index (χ0v) is 22.5. The van der Waals surface area contributed by atoms with Crippen molar-refractivity contribution >= 4 is 33.6 Å². The minimum Gasteiger partial charge on any atom is -0.438 e. The van der Waals surface area contributed by atoms with Gasteiger partial charge in [0.1, 0.15) is 5.75 Å². The zero-order valence-electron chi connectivity index (χ0n) is 20.9. The van der Waals surface area contributed by atoms with E-state index >= 15 is 0 Å². The van der Waals surface area contributed by atoms with Crippen LogP contribution >= 0.6 is 22.9 Å². The number of aromatic nitrogens is 2. The number of fused-ring (bicyclic) bond motifs is 2. The smallest absolute Gasteiger partial charge is 0.226 e. The SMILES string of the molecule is Nc1nc(-c2cccc3c2C/C(=C/CCN2CCC(O)(c4ccc(Cl)cc4)CC2)c2cccnc2O3)cs1. The third-order valence-electron chi connectivity index (χ3n) is 7.52. The Morgan fingerprint density at radius 3 is 2.63 bits per heavy atom. The quantitative estimate of drug-likeness (QED) is 0.296. The average molecular weight is 545 g/mol. The lowest BCUT2D eigenvalue weighted by Crippen LogP contribution is -2.42. The fourth-order valence-corrected chi connectivity index (χ4v) is 6.09. The molecule has 2 aromatic heterocycles. The van der Waals surface area contributed by atoms with Gasteiger partial charge in [0.15, 0.2) is 5.13 Å². The number of nitrogens with zero attached hydrogens (tertiary/aromatic N) is 3. The second-order valence-electron chi connectivity index (χ2n) is 9.89. The van der Waals surface area contributed by atoms with Crippen LogP contribution in [-0.2, 0) is 12.0 Å². The van der Waals surface area contributed by atoms with Crippen LogP contribution in [0.2, 0.25) is 5.02 Å². The summed E-state index contributed by atoms with van der Waals surface area (Å²) < 4.78 is 6.32. The van der Waals surface area contributed by atoms with Crippen molar-refractivity contribution in [2.24, 2.45) is 0 Å². The van der Waals surface area contributed by atoms with E-state index < -0.39 is 5.60 Å². The van der Waals surface area contributed by atoms with Crippen molar-refractivity contribution in [2.75, 3.05) is 25.4 Å². The van der Waals surface area contributed by atoms with Crippen molar-refractivity contribution in [2.45, 2.75) is 31.3 Å². The molecule has 2 aliphatic rings. The molecule has 194 valence electrons. The van der Waals surface area contributed by atoms with Gasteiger partial charge in [0, 0.05) is 59.3 Å².